The molecule has 0 atom stereocenters. The van der Waals surface area contributed by atoms with E-state index in [1.807, 2.05) is 33.7 Å². The lowest BCUT2D eigenvalue weighted by Gasteiger charge is -2.20. The van der Waals surface area contributed by atoms with Gasteiger partial charge in [0, 0.05) is 22.1 Å². The summed E-state index contributed by atoms with van der Waals surface area (Å²) >= 11 is 3.00. The number of hydrogen-bond donors (Lipinski definition) is 1. The molecule has 1 amide bonds. The Balaban J connectivity index is 1.83. The van der Waals surface area contributed by atoms with Gasteiger partial charge in [-0.2, -0.15) is 22.7 Å². The van der Waals surface area contributed by atoms with Crippen molar-refractivity contribution in [3.63, 3.8) is 0 Å². The Morgan fingerprint density at radius 3 is 2.07 bits per heavy atom. The molecule has 0 aliphatic rings. The summed E-state index contributed by atoms with van der Waals surface area (Å²) in [6.45, 7) is 0.0246. The van der Waals surface area contributed by atoms with Crippen LogP contribution in [0.4, 0.5) is 11.4 Å². The van der Waals surface area contributed by atoms with Crippen LogP contribution < -0.4 is 4.90 Å². The molecule has 1 N–H and O–H groups in total. The highest BCUT2D eigenvalue weighted by molar-refractivity contribution is 7.08. The van der Waals surface area contributed by atoms with Crippen molar-refractivity contribution in [2.45, 2.75) is 44.9 Å². The smallest absolute Gasteiger partial charge is 0.280 e. The first-order chi connectivity index (χ1) is 13.1. The van der Waals surface area contributed by atoms with Crippen LogP contribution >= 0.6 is 22.7 Å². The third-order valence-corrected chi connectivity index (χ3v) is 5.45. The highest BCUT2D eigenvalue weighted by Gasteiger charge is 2.24. The summed E-state index contributed by atoms with van der Waals surface area (Å²) < 4.78 is 0. The van der Waals surface area contributed by atoms with Crippen molar-refractivity contribution in [3.8, 4) is 0 Å². The van der Waals surface area contributed by atoms with Gasteiger partial charge < -0.3 is 5.21 Å². The molecule has 2 rings (SSSR count). The number of anilines is 2. The molecule has 2 aromatic heterocycles. The molecule has 0 aromatic carbocycles. The molecule has 0 saturated heterocycles. The third-order valence-electron chi connectivity index (χ3n) is 4.10. The van der Waals surface area contributed by atoms with Crippen LogP contribution in [-0.2, 0) is 4.79 Å². The summed E-state index contributed by atoms with van der Waals surface area (Å²) in [6, 6.07) is 3.72. The molecule has 0 fully saturated rings. The second kappa shape index (κ2) is 11.5. The second-order valence-corrected chi connectivity index (χ2v) is 7.64. The lowest BCUT2D eigenvalue weighted by atomic mass is 10.1. The van der Waals surface area contributed by atoms with Crippen molar-refractivity contribution in [1.82, 2.24) is 0 Å². The maximum atomic E-state index is 12.9. The Kier molecular flexibility index (Phi) is 8.93. The van der Waals surface area contributed by atoms with Gasteiger partial charge in [-0.1, -0.05) is 24.4 Å². The topological polar surface area (TPSA) is 96.0 Å². The number of oxime groups is 1. The summed E-state index contributed by atoms with van der Waals surface area (Å²) in [5.41, 5.74) is 1.66. The molecule has 0 unspecified atom stereocenters. The quantitative estimate of drug-likeness (QED) is 0.169. The van der Waals surface area contributed by atoms with Crippen LogP contribution in [0.15, 0.2) is 38.8 Å². The van der Waals surface area contributed by atoms with Gasteiger partial charge in [-0.15, -0.1) is 0 Å². The molecule has 27 heavy (non-hydrogen) atoms. The standard InChI is InChI=1S/C18H23N3O4S2/c22-18(21(15-8-11-26-13-15)16-9-12-27-14-16)17(19-23)7-5-3-1-2-4-6-10-20(24)25/h8-9,11-14,23H,1-7,10H2. The Morgan fingerprint density at radius 2 is 1.59 bits per heavy atom. The van der Waals surface area contributed by atoms with Gasteiger partial charge in [-0.25, -0.2) is 0 Å². The van der Waals surface area contributed by atoms with Gasteiger partial charge in [-0.05, 0) is 42.2 Å². The number of nitrogens with zero attached hydrogens (tertiary/aromatic N) is 3. The van der Waals surface area contributed by atoms with Gasteiger partial charge >= 0.3 is 0 Å². The van der Waals surface area contributed by atoms with Crippen LogP contribution in [0, 0.1) is 10.1 Å². The first-order valence-electron chi connectivity index (χ1n) is 8.85. The SMILES string of the molecule is O=C(C(CCCCCCCC[N+](=O)[O-])=NO)N(c1ccsc1)c1ccsc1. The van der Waals surface area contributed by atoms with Crippen LogP contribution in [0.2, 0.25) is 0 Å². The zero-order valence-electron chi connectivity index (χ0n) is 15.0. The van der Waals surface area contributed by atoms with E-state index in [-0.39, 0.29) is 23.1 Å². The van der Waals surface area contributed by atoms with Gasteiger partial charge in [0.25, 0.3) is 5.91 Å². The second-order valence-electron chi connectivity index (χ2n) is 6.08. The summed E-state index contributed by atoms with van der Waals surface area (Å²) in [5.74, 6) is -0.319. The highest BCUT2D eigenvalue weighted by Crippen LogP contribution is 2.30. The Bertz CT molecular complexity index is 696. The van der Waals surface area contributed by atoms with E-state index < -0.39 is 0 Å². The van der Waals surface area contributed by atoms with E-state index in [0.29, 0.717) is 12.8 Å². The normalized spacial score (nSPS) is 11.5. The van der Waals surface area contributed by atoms with E-state index in [2.05, 4.69) is 5.16 Å². The number of thiophene rings is 2. The van der Waals surface area contributed by atoms with E-state index in [1.165, 1.54) is 22.7 Å². The van der Waals surface area contributed by atoms with Crippen LogP contribution in [0.1, 0.15) is 44.9 Å². The van der Waals surface area contributed by atoms with Gasteiger partial charge in [0.1, 0.15) is 5.71 Å². The summed E-state index contributed by atoms with van der Waals surface area (Å²) in [4.78, 5) is 24.5. The number of carbonyl (C=O) groups excluding carboxylic acids is 1. The Morgan fingerprint density at radius 1 is 1.04 bits per heavy atom. The molecular formula is C18H23N3O4S2. The van der Waals surface area contributed by atoms with Crippen molar-refractivity contribution in [2.75, 3.05) is 11.4 Å². The number of hydrogen-bond acceptors (Lipinski definition) is 7. The molecular weight excluding hydrogens is 386 g/mol. The third kappa shape index (κ3) is 6.76. The van der Waals surface area contributed by atoms with E-state index in [1.54, 1.807) is 4.90 Å². The van der Waals surface area contributed by atoms with E-state index in [4.69, 9.17) is 0 Å². The molecule has 0 radical (unpaired) electrons. The first kappa shape index (κ1) is 21.0. The van der Waals surface area contributed by atoms with Crippen LogP contribution in [0.25, 0.3) is 0 Å². The minimum Gasteiger partial charge on any atom is -0.410 e. The van der Waals surface area contributed by atoms with E-state index >= 15 is 0 Å². The zero-order valence-corrected chi connectivity index (χ0v) is 16.6. The van der Waals surface area contributed by atoms with Crippen molar-refractivity contribution in [2.24, 2.45) is 5.16 Å². The number of unbranched alkanes of at least 4 members (excludes halogenated alkanes) is 5. The number of carbonyl (C=O) groups is 1. The average molecular weight is 410 g/mol. The molecule has 2 heterocycles. The fraction of sp³-hybridized carbons (Fsp3) is 0.444. The first-order valence-corrected chi connectivity index (χ1v) is 10.7. The van der Waals surface area contributed by atoms with Gasteiger partial charge in [-0.3, -0.25) is 19.8 Å². The molecule has 0 spiro atoms. The summed E-state index contributed by atoms with van der Waals surface area (Å²) in [5, 5.41) is 30.4. The fourth-order valence-corrected chi connectivity index (χ4v) is 3.96. The number of amides is 1. The maximum Gasteiger partial charge on any atom is 0.280 e. The average Bonchev–Trinajstić information content (AvgIpc) is 3.35. The van der Waals surface area contributed by atoms with Crippen molar-refractivity contribution < 1.29 is 14.9 Å². The zero-order chi connectivity index (χ0) is 19.5. The molecule has 0 saturated carbocycles. The van der Waals surface area contributed by atoms with Gasteiger partial charge in [0.05, 0.1) is 11.4 Å². The number of rotatable bonds is 12. The lowest BCUT2D eigenvalue weighted by molar-refractivity contribution is -0.480. The van der Waals surface area contributed by atoms with E-state index in [0.717, 1.165) is 43.5 Å². The summed E-state index contributed by atoms with van der Waals surface area (Å²) in [7, 11) is 0. The number of nitro groups is 1. The molecule has 0 aliphatic carbocycles. The Labute approximate surface area is 166 Å². The molecule has 146 valence electrons. The van der Waals surface area contributed by atoms with Crippen LogP contribution in [-0.4, -0.2) is 28.3 Å². The molecule has 0 aliphatic heterocycles. The van der Waals surface area contributed by atoms with Crippen molar-refractivity contribution in [3.05, 3.63) is 43.8 Å². The minimum atomic E-state index is -0.319. The Hall–Kier alpha value is -2.26. The lowest BCUT2D eigenvalue weighted by Crippen LogP contribution is -2.32. The molecule has 9 heteroatoms. The van der Waals surface area contributed by atoms with Crippen LogP contribution in [0.5, 0.6) is 0 Å². The van der Waals surface area contributed by atoms with Gasteiger partial charge in [0.15, 0.2) is 0 Å². The minimum absolute atomic E-state index is 0.0246. The van der Waals surface area contributed by atoms with Crippen molar-refractivity contribution >= 4 is 45.7 Å². The van der Waals surface area contributed by atoms with Gasteiger partial charge in [0.2, 0.25) is 6.54 Å². The molecule has 0 bridgehead atoms. The summed E-state index contributed by atoms with van der Waals surface area (Å²) in [6.07, 6.45) is 5.35. The predicted molar refractivity (Wildman–Crippen MR) is 109 cm³/mol. The maximum absolute atomic E-state index is 12.9. The fourth-order valence-electron chi connectivity index (χ4n) is 2.72. The monoisotopic (exact) mass is 409 g/mol. The van der Waals surface area contributed by atoms with Crippen LogP contribution in [0.3, 0.4) is 0 Å². The van der Waals surface area contributed by atoms with E-state index in [9.17, 15) is 20.1 Å². The predicted octanol–water partition coefficient (Wildman–Crippen LogP) is 5.31. The molecule has 7 nitrogen and oxygen atoms in total. The molecule has 2 aromatic rings. The largest absolute Gasteiger partial charge is 0.410 e. The van der Waals surface area contributed by atoms with Crippen molar-refractivity contribution in [1.29, 1.82) is 0 Å². The highest BCUT2D eigenvalue weighted by atomic mass is 32.1.